The molecule has 0 aliphatic carbocycles. The first-order valence-corrected chi connectivity index (χ1v) is 11.6. The largest absolute Gasteiger partial charge is 0.349 e. The average molecular weight is 486 g/mol. The number of carbonyl (C=O) groups excluding carboxylic acids is 2. The summed E-state index contributed by atoms with van der Waals surface area (Å²) < 4.78 is 15.0. The SMILES string of the molecule is Cc1nn(-c2ccc(F)cc2)c(C)c1CC(=O)NC(C)c1ccc(NC(=O)Nc2ccccc2)cc1. The lowest BCUT2D eigenvalue weighted by Crippen LogP contribution is -2.28. The molecule has 0 saturated heterocycles. The summed E-state index contributed by atoms with van der Waals surface area (Å²) in [5.74, 6) is -0.440. The van der Waals surface area contributed by atoms with Gasteiger partial charge in [-0.05, 0) is 74.9 Å². The Morgan fingerprint density at radius 2 is 1.50 bits per heavy atom. The Balaban J connectivity index is 1.35. The molecular formula is C28H28FN5O2. The number of aryl methyl sites for hydroxylation is 1. The molecule has 1 atom stereocenters. The zero-order chi connectivity index (χ0) is 25.7. The fourth-order valence-corrected chi connectivity index (χ4v) is 3.97. The van der Waals surface area contributed by atoms with Crippen molar-refractivity contribution in [2.45, 2.75) is 33.2 Å². The smallest absolute Gasteiger partial charge is 0.323 e. The number of halogens is 1. The first-order chi connectivity index (χ1) is 17.3. The minimum atomic E-state index is -0.331. The lowest BCUT2D eigenvalue weighted by Gasteiger charge is -2.15. The van der Waals surface area contributed by atoms with Crippen LogP contribution in [0.4, 0.5) is 20.6 Å². The Kier molecular flexibility index (Phi) is 7.44. The van der Waals surface area contributed by atoms with Crippen molar-refractivity contribution in [2.24, 2.45) is 0 Å². The van der Waals surface area contributed by atoms with Crippen molar-refractivity contribution in [3.8, 4) is 5.69 Å². The monoisotopic (exact) mass is 485 g/mol. The molecule has 8 heteroatoms. The van der Waals surface area contributed by atoms with Gasteiger partial charge in [-0.25, -0.2) is 13.9 Å². The van der Waals surface area contributed by atoms with Gasteiger partial charge in [0.05, 0.1) is 23.8 Å². The molecule has 7 nitrogen and oxygen atoms in total. The van der Waals surface area contributed by atoms with E-state index in [0.29, 0.717) is 11.4 Å². The number of hydrogen-bond donors (Lipinski definition) is 3. The molecular weight excluding hydrogens is 457 g/mol. The van der Waals surface area contributed by atoms with Crippen molar-refractivity contribution < 1.29 is 14.0 Å². The van der Waals surface area contributed by atoms with Crippen LogP contribution in [0.1, 0.15) is 35.5 Å². The normalized spacial score (nSPS) is 11.6. The van der Waals surface area contributed by atoms with Crippen LogP contribution in [0.5, 0.6) is 0 Å². The number of amides is 3. The zero-order valence-electron chi connectivity index (χ0n) is 20.4. The maximum atomic E-state index is 13.3. The summed E-state index contributed by atoms with van der Waals surface area (Å²) in [7, 11) is 0. The molecule has 0 fully saturated rings. The number of nitrogens with zero attached hydrogens (tertiary/aromatic N) is 2. The molecule has 36 heavy (non-hydrogen) atoms. The second-order valence-corrected chi connectivity index (χ2v) is 8.57. The van der Waals surface area contributed by atoms with Crippen LogP contribution in [0.25, 0.3) is 5.69 Å². The third-order valence-electron chi connectivity index (χ3n) is 5.93. The summed E-state index contributed by atoms with van der Waals surface area (Å²) in [6.07, 6.45) is 0.183. The number of aromatic nitrogens is 2. The molecule has 1 unspecified atom stereocenters. The molecule has 0 aliphatic heterocycles. The van der Waals surface area contributed by atoms with Gasteiger partial charge in [0.2, 0.25) is 5.91 Å². The van der Waals surface area contributed by atoms with Crippen molar-refractivity contribution >= 4 is 23.3 Å². The third-order valence-corrected chi connectivity index (χ3v) is 5.93. The van der Waals surface area contributed by atoms with E-state index < -0.39 is 0 Å². The summed E-state index contributed by atoms with van der Waals surface area (Å²) in [6, 6.07) is 22.0. The van der Waals surface area contributed by atoms with Crippen LogP contribution in [0, 0.1) is 19.7 Å². The number of rotatable bonds is 7. The maximum Gasteiger partial charge on any atom is 0.323 e. The summed E-state index contributed by atoms with van der Waals surface area (Å²) >= 11 is 0. The van der Waals surface area contributed by atoms with E-state index in [4.69, 9.17) is 0 Å². The van der Waals surface area contributed by atoms with Gasteiger partial charge in [0.1, 0.15) is 5.82 Å². The van der Waals surface area contributed by atoms with Crippen LogP contribution >= 0.6 is 0 Å². The molecule has 3 aromatic carbocycles. The van der Waals surface area contributed by atoms with Gasteiger partial charge in [-0.2, -0.15) is 5.10 Å². The van der Waals surface area contributed by atoms with Gasteiger partial charge >= 0.3 is 6.03 Å². The van der Waals surface area contributed by atoms with Crippen LogP contribution in [0.2, 0.25) is 0 Å². The van der Waals surface area contributed by atoms with E-state index in [1.165, 1.54) is 12.1 Å². The minimum Gasteiger partial charge on any atom is -0.349 e. The lowest BCUT2D eigenvalue weighted by molar-refractivity contribution is -0.121. The van der Waals surface area contributed by atoms with Crippen LogP contribution in [0.15, 0.2) is 78.9 Å². The summed E-state index contributed by atoms with van der Waals surface area (Å²) in [6.45, 7) is 5.66. The number of benzene rings is 3. The highest BCUT2D eigenvalue weighted by Crippen LogP contribution is 2.20. The predicted molar refractivity (Wildman–Crippen MR) is 139 cm³/mol. The highest BCUT2D eigenvalue weighted by Gasteiger charge is 2.18. The maximum absolute atomic E-state index is 13.3. The van der Waals surface area contributed by atoms with Crippen molar-refractivity contribution in [2.75, 3.05) is 10.6 Å². The summed E-state index contributed by atoms with van der Waals surface area (Å²) in [5, 5.41) is 13.1. The predicted octanol–water partition coefficient (Wildman–Crippen LogP) is 5.69. The highest BCUT2D eigenvalue weighted by atomic mass is 19.1. The van der Waals surface area contributed by atoms with E-state index in [1.54, 1.807) is 28.9 Å². The second-order valence-electron chi connectivity index (χ2n) is 8.57. The van der Waals surface area contributed by atoms with Crippen molar-refractivity contribution in [1.82, 2.24) is 15.1 Å². The standard InChI is InChI=1S/C28H28FN5O2/c1-18(21-9-13-24(14-10-21)32-28(36)31-23-7-5-4-6-8-23)30-27(35)17-26-19(2)33-34(20(26)3)25-15-11-22(29)12-16-25/h4-16,18H,17H2,1-3H3,(H,30,35)(H2,31,32,36). The van der Waals surface area contributed by atoms with Gasteiger partial charge in [0.15, 0.2) is 0 Å². The summed E-state index contributed by atoms with van der Waals surface area (Å²) in [5.41, 5.74) is 5.43. The number of hydrogen-bond acceptors (Lipinski definition) is 3. The number of para-hydroxylation sites is 1. The van der Waals surface area contributed by atoms with Gasteiger partial charge in [-0.3, -0.25) is 4.79 Å². The molecule has 0 saturated carbocycles. The third kappa shape index (κ3) is 5.96. The zero-order valence-corrected chi connectivity index (χ0v) is 20.4. The molecule has 0 aliphatic rings. The van der Waals surface area contributed by atoms with Crippen LogP contribution in [0.3, 0.4) is 0 Å². The molecule has 0 spiro atoms. The average Bonchev–Trinajstić information content (AvgIpc) is 3.13. The van der Waals surface area contributed by atoms with Crippen molar-refractivity contribution in [1.29, 1.82) is 0 Å². The van der Waals surface area contributed by atoms with Crippen LogP contribution in [-0.4, -0.2) is 21.7 Å². The molecule has 184 valence electrons. The van der Waals surface area contributed by atoms with Crippen molar-refractivity contribution in [3.63, 3.8) is 0 Å². The van der Waals surface area contributed by atoms with Crippen LogP contribution in [-0.2, 0) is 11.2 Å². The van der Waals surface area contributed by atoms with Gasteiger partial charge in [-0.15, -0.1) is 0 Å². The second kappa shape index (κ2) is 10.9. The van der Waals surface area contributed by atoms with E-state index in [-0.39, 0.29) is 30.2 Å². The Morgan fingerprint density at radius 3 is 2.14 bits per heavy atom. The Bertz CT molecular complexity index is 1350. The minimum absolute atomic E-state index is 0.128. The highest BCUT2D eigenvalue weighted by molar-refractivity contribution is 5.99. The molecule has 1 heterocycles. The number of urea groups is 1. The molecule has 0 bridgehead atoms. The topological polar surface area (TPSA) is 88.1 Å². The van der Waals surface area contributed by atoms with E-state index in [0.717, 1.165) is 28.2 Å². The Hall–Kier alpha value is -4.46. The van der Waals surface area contributed by atoms with Crippen LogP contribution < -0.4 is 16.0 Å². The van der Waals surface area contributed by atoms with E-state index in [2.05, 4.69) is 21.0 Å². The first kappa shape index (κ1) is 24.7. The molecule has 0 radical (unpaired) electrons. The van der Waals surface area contributed by atoms with Gasteiger partial charge in [-0.1, -0.05) is 30.3 Å². The number of nitrogens with one attached hydrogen (secondary N) is 3. The summed E-state index contributed by atoms with van der Waals surface area (Å²) in [4.78, 5) is 25.0. The molecule has 3 amide bonds. The Labute approximate surface area is 209 Å². The fraction of sp³-hybridized carbons (Fsp3) is 0.179. The first-order valence-electron chi connectivity index (χ1n) is 11.6. The van der Waals surface area contributed by atoms with Gasteiger partial charge in [0, 0.05) is 22.6 Å². The van der Waals surface area contributed by atoms with Crippen molar-refractivity contribution in [3.05, 3.63) is 107 Å². The number of anilines is 2. The Morgan fingerprint density at radius 1 is 0.889 bits per heavy atom. The molecule has 1 aromatic heterocycles. The molecule has 4 aromatic rings. The quantitative estimate of drug-likeness (QED) is 0.314. The van der Waals surface area contributed by atoms with Gasteiger partial charge < -0.3 is 16.0 Å². The fourth-order valence-electron chi connectivity index (χ4n) is 3.97. The molecule has 4 rings (SSSR count). The van der Waals surface area contributed by atoms with E-state index >= 15 is 0 Å². The van der Waals surface area contributed by atoms with E-state index in [1.807, 2.05) is 63.2 Å². The van der Waals surface area contributed by atoms with Gasteiger partial charge in [0.25, 0.3) is 0 Å². The molecule has 3 N–H and O–H groups in total. The number of carbonyl (C=O) groups is 2. The van der Waals surface area contributed by atoms with E-state index in [9.17, 15) is 14.0 Å². The lowest BCUT2D eigenvalue weighted by atomic mass is 10.1.